The van der Waals surface area contributed by atoms with Gasteiger partial charge in [0, 0.05) is 23.9 Å². The molecular formula is C20H22N2O. The topological polar surface area (TPSA) is 32.3 Å². The van der Waals surface area contributed by atoms with E-state index in [2.05, 4.69) is 36.7 Å². The first kappa shape index (κ1) is 15.3. The van der Waals surface area contributed by atoms with Gasteiger partial charge in [-0.3, -0.25) is 4.90 Å². The van der Waals surface area contributed by atoms with Gasteiger partial charge in [0.25, 0.3) is 0 Å². The van der Waals surface area contributed by atoms with Crippen LogP contribution in [0, 0.1) is 5.41 Å². The van der Waals surface area contributed by atoms with Crippen molar-refractivity contribution in [2.24, 2.45) is 5.41 Å². The van der Waals surface area contributed by atoms with E-state index in [0.29, 0.717) is 13.1 Å². The number of amides is 2. The van der Waals surface area contributed by atoms with Crippen LogP contribution in [-0.4, -0.2) is 19.1 Å². The van der Waals surface area contributed by atoms with Crippen molar-refractivity contribution in [3.05, 3.63) is 67.8 Å². The Balaban J connectivity index is 2.03. The van der Waals surface area contributed by atoms with E-state index in [0.717, 1.165) is 29.3 Å². The van der Waals surface area contributed by atoms with E-state index in [1.165, 1.54) is 0 Å². The number of anilines is 1. The number of carbonyl (C=O) groups excluding carboxylic acids is 1. The molecule has 0 spiro atoms. The van der Waals surface area contributed by atoms with Crippen LogP contribution in [0.5, 0.6) is 0 Å². The van der Waals surface area contributed by atoms with Gasteiger partial charge in [-0.1, -0.05) is 48.6 Å². The zero-order chi connectivity index (χ0) is 16.3. The number of nitrogens with one attached hydrogen (secondary N) is 1. The molecule has 0 aliphatic carbocycles. The fraction of sp³-hybridized carbons (Fsp3) is 0.250. The van der Waals surface area contributed by atoms with Gasteiger partial charge in [-0.15, -0.1) is 13.2 Å². The van der Waals surface area contributed by atoms with Crippen molar-refractivity contribution in [1.29, 1.82) is 0 Å². The Labute approximate surface area is 137 Å². The summed E-state index contributed by atoms with van der Waals surface area (Å²) in [5.41, 5.74) is 0.909. The molecule has 2 amide bonds. The highest BCUT2D eigenvalue weighted by Gasteiger charge is 2.37. The quantitative estimate of drug-likeness (QED) is 0.810. The molecule has 0 radical (unpaired) electrons. The Hall–Kier alpha value is -2.55. The van der Waals surface area contributed by atoms with Gasteiger partial charge in [0.15, 0.2) is 0 Å². The smallest absolute Gasteiger partial charge is 0.321 e. The molecule has 1 saturated heterocycles. The molecule has 1 fully saturated rings. The van der Waals surface area contributed by atoms with Crippen LogP contribution in [0.25, 0.3) is 10.8 Å². The maximum Gasteiger partial charge on any atom is 0.321 e. The summed E-state index contributed by atoms with van der Waals surface area (Å²) in [5, 5.41) is 5.28. The van der Waals surface area contributed by atoms with Gasteiger partial charge in [0.05, 0.1) is 5.69 Å². The Morgan fingerprint density at radius 3 is 2.52 bits per heavy atom. The summed E-state index contributed by atoms with van der Waals surface area (Å²) in [5.74, 6) is 0. The first-order valence-electron chi connectivity index (χ1n) is 7.94. The molecule has 1 N–H and O–H groups in total. The molecule has 23 heavy (non-hydrogen) atoms. The zero-order valence-electron chi connectivity index (χ0n) is 13.3. The van der Waals surface area contributed by atoms with Gasteiger partial charge in [-0.2, -0.15) is 0 Å². The molecule has 0 bridgehead atoms. The van der Waals surface area contributed by atoms with Crippen LogP contribution < -0.4 is 10.2 Å². The van der Waals surface area contributed by atoms with Crippen molar-refractivity contribution in [3.63, 3.8) is 0 Å². The molecule has 0 unspecified atom stereocenters. The summed E-state index contributed by atoms with van der Waals surface area (Å²) >= 11 is 0. The molecule has 3 heteroatoms. The molecule has 3 nitrogen and oxygen atoms in total. The molecule has 2 aromatic rings. The molecular weight excluding hydrogens is 284 g/mol. The molecule has 1 heterocycles. The van der Waals surface area contributed by atoms with Gasteiger partial charge in [-0.05, 0) is 24.3 Å². The van der Waals surface area contributed by atoms with E-state index in [1.807, 2.05) is 41.3 Å². The lowest BCUT2D eigenvalue weighted by Crippen LogP contribution is -2.57. The Morgan fingerprint density at radius 2 is 1.78 bits per heavy atom. The van der Waals surface area contributed by atoms with Crippen molar-refractivity contribution < 1.29 is 4.79 Å². The number of hydrogen-bond acceptors (Lipinski definition) is 1. The highest BCUT2D eigenvalue weighted by molar-refractivity contribution is 6.03. The monoisotopic (exact) mass is 306 g/mol. The standard InChI is InChI=1S/C20H22N2O/c1-3-12-20(13-4-2)14-21-19(23)22(15-20)18-11-7-9-16-8-5-6-10-17(16)18/h3-11H,1-2,12-15H2,(H,21,23). The van der Waals surface area contributed by atoms with Crippen LogP contribution in [0.4, 0.5) is 10.5 Å². The average Bonchev–Trinajstić information content (AvgIpc) is 2.57. The first-order valence-corrected chi connectivity index (χ1v) is 7.94. The van der Waals surface area contributed by atoms with E-state index in [9.17, 15) is 4.79 Å². The van der Waals surface area contributed by atoms with E-state index >= 15 is 0 Å². The maximum atomic E-state index is 12.5. The molecule has 1 aliphatic rings. The Bertz CT molecular complexity index is 735. The minimum absolute atomic E-state index is 0.0369. The van der Waals surface area contributed by atoms with Crippen LogP contribution in [0.1, 0.15) is 12.8 Å². The van der Waals surface area contributed by atoms with Gasteiger partial charge in [-0.25, -0.2) is 4.79 Å². The summed E-state index contributed by atoms with van der Waals surface area (Å²) in [6.07, 6.45) is 5.56. The number of allylic oxidation sites excluding steroid dienone is 2. The van der Waals surface area contributed by atoms with Crippen molar-refractivity contribution >= 4 is 22.5 Å². The second kappa shape index (κ2) is 6.29. The average molecular weight is 306 g/mol. The normalized spacial score (nSPS) is 16.9. The van der Waals surface area contributed by atoms with Crippen LogP contribution in [-0.2, 0) is 0 Å². The predicted molar refractivity (Wildman–Crippen MR) is 96.8 cm³/mol. The van der Waals surface area contributed by atoms with Gasteiger partial charge < -0.3 is 5.32 Å². The van der Waals surface area contributed by atoms with Crippen molar-refractivity contribution in [2.75, 3.05) is 18.0 Å². The minimum Gasteiger partial charge on any atom is -0.337 e. The number of benzene rings is 2. The number of urea groups is 1. The predicted octanol–water partition coefficient (Wildman–Crippen LogP) is 4.51. The summed E-state index contributed by atoms with van der Waals surface area (Å²) < 4.78 is 0. The van der Waals surface area contributed by atoms with Crippen molar-refractivity contribution in [3.8, 4) is 0 Å². The summed E-state index contributed by atoms with van der Waals surface area (Å²) in [6, 6.07) is 14.2. The van der Waals surface area contributed by atoms with E-state index < -0.39 is 0 Å². The molecule has 1 aliphatic heterocycles. The lowest BCUT2D eigenvalue weighted by molar-refractivity contribution is 0.211. The molecule has 0 atom stereocenters. The fourth-order valence-corrected chi connectivity index (χ4v) is 3.43. The van der Waals surface area contributed by atoms with Gasteiger partial charge >= 0.3 is 6.03 Å². The number of carbonyl (C=O) groups is 1. The second-order valence-corrected chi connectivity index (χ2v) is 6.23. The van der Waals surface area contributed by atoms with Crippen LogP contribution in [0.3, 0.4) is 0 Å². The van der Waals surface area contributed by atoms with E-state index in [-0.39, 0.29) is 11.4 Å². The highest BCUT2D eigenvalue weighted by Crippen LogP contribution is 2.35. The van der Waals surface area contributed by atoms with Crippen molar-refractivity contribution in [1.82, 2.24) is 5.32 Å². The number of hydrogen-bond donors (Lipinski definition) is 1. The summed E-state index contributed by atoms with van der Waals surface area (Å²) in [4.78, 5) is 14.4. The second-order valence-electron chi connectivity index (χ2n) is 6.23. The Kier molecular flexibility index (Phi) is 4.20. The minimum atomic E-state index is -0.0473. The van der Waals surface area contributed by atoms with Crippen LogP contribution in [0.15, 0.2) is 67.8 Å². The highest BCUT2D eigenvalue weighted by atomic mass is 16.2. The summed E-state index contributed by atoms with van der Waals surface area (Å²) in [6.45, 7) is 9.10. The largest absolute Gasteiger partial charge is 0.337 e. The third-order valence-corrected chi connectivity index (χ3v) is 4.57. The van der Waals surface area contributed by atoms with Crippen LogP contribution in [0.2, 0.25) is 0 Å². The van der Waals surface area contributed by atoms with Gasteiger partial charge in [0.2, 0.25) is 0 Å². The number of fused-ring (bicyclic) bond motifs is 1. The Morgan fingerprint density at radius 1 is 1.09 bits per heavy atom. The number of nitrogens with zero attached hydrogens (tertiary/aromatic N) is 1. The lowest BCUT2D eigenvalue weighted by Gasteiger charge is -2.42. The van der Waals surface area contributed by atoms with Gasteiger partial charge in [0.1, 0.15) is 0 Å². The van der Waals surface area contributed by atoms with E-state index in [4.69, 9.17) is 0 Å². The third kappa shape index (κ3) is 2.87. The molecule has 118 valence electrons. The molecule has 0 saturated carbocycles. The van der Waals surface area contributed by atoms with E-state index in [1.54, 1.807) is 0 Å². The number of rotatable bonds is 5. The lowest BCUT2D eigenvalue weighted by atomic mass is 9.79. The summed E-state index contributed by atoms with van der Waals surface area (Å²) in [7, 11) is 0. The SMILES string of the molecule is C=CCC1(CC=C)CNC(=O)N(c2cccc3ccccc23)C1. The zero-order valence-corrected chi connectivity index (χ0v) is 13.3. The van der Waals surface area contributed by atoms with Crippen molar-refractivity contribution in [2.45, 2.75) is 12.8 Å². The molecule has 0 aromatic heterocycles. The maximum absolute atomic E-state index is 12.5. The third-order valence-electron chi connectivity index (χ3n) is 4.57. The first-order chi connectivity index (χ1) is 11.2. The molecule has 2 aromatic carbocycles. The fourth-order valence-electron chi connectivity index (χ4n) is 3.43. The van der Waals surface area contributed by atoms with Crippen LogP contribution >= 0.6 is 0 Å². The molecule has 3 rings (SSSR count).